The fourth-order valence-corrected chi connectivity index (χ4v) is 5.16. The number of amides is 1. The third kappa shape index (κ3) is 4.01. The Balaban J connectivity index is 1.20. The first-order chi connectivity index (χ1) is 14.3. The van der Waals surface area contributed by atoms with Gasteiger partial charge in [0.2, 0.25) is 0 Å². The van der Waals surface area contributed by atoms with Crippen LogP contribution in [0.4, 0.5) is 0 Å². The van der Waals surface area contributed by atoms with Crippen LogP contribution in [0.1, 0.15) is 48.2 Å². The molecule has 3 fully saturated rings. The summed E-state index contributed by atoms with van der Waals surface area (Å²) in [6, 6.07) is 14.3. The standard InChI is InChI=1S/C24H29N3O2/c28-24(27-16-18-8-9-20(27)15-18)22-6-1-2-7-23(22)29-21-10-13-26(14-11-21)17-19-5-3-4-12-25-19/h1-7,12,18,20-21H,8-11,13-17H2/t18-,20-/m0/s1. The van der Waals surface area contributed by atoms with Gasteiger partial charge in [-0.3, -0.25) is 14.7 Å². The van der Waals surface area contributed by atoms with Crippen LogP contribution < -0.4 is 4.74 Å². The fourth-order valence-electron chi connectivity index (χ4n) is 5.16. The van der Waals surface area contributed by atoms with E-state index in [1.165, 1.54) is 12.8 Å². The van der Waals surface area contributed by atoms with Crippen molar-refractivity contribution in [1.82, 2.24) is 14.8 Å². The molecule has 3 aliphatic rings. The molecule has 1 aliphatic carbocycles. The van der Waals surface area contributed by atoms with Gasteiger partial charge >= 0.3 is 0 Å². The van der Waals surface area contributed by atoms with Crippen molar-refractivity contribution in [2.24, 2.45) is 5.92 Å². The molecule has 29 heavy (non-hydrogen) atoms. The van der Waals surface area contributed by atoms with E-state index in [0.717, 1.165) is 62.4 Å². The third-order valence-corrected chi connectivity index (χ3v) is 6.73. The summed E-state index contributed by atoms with van der Waals surface area (Å²) >= 11 is 0. The van der Waals surface area contributed by atoms with E-state index in [2.05, 4.69) is 20.9 Å². The predicted molar refractivity (Wildman–Crippen MR) is 112 cm³/mol. The van der Waals surface area contributed by atoms with Gasteiger partial charge in [-0.15, -0.1) is 0 Å². The normalized spacial score (nSPS) is 24.8. The zero-order valence-electron chi connectivity index (χ0n) is 16.9. The molecule has 5 heteroatoms. The van der Waals surface area contributed by atoms with E-state index in [1.54, 1.807) is 0 Å². The summed E-state index contributed by atoms with van der Waals surface area (Å²) in [5, 5.41) is 0. The minimum Gasteiger partial charge on any atom is -0.489 e. The molecule has 2 aliphatic heterocycles. The number of ether oxygens (including phenoxy) is 1. The molecule has 0 unspecified atom stereocenters. The molecule has 1 aromatic heterocycles. The van der Waals surface area contributed by atoms with Gasteiger partial charge in [-0.1, -0.05) is 18.2 Å². The van der Waals surface area contributed by atoms with Gasteiger partial charge in [0.25, 0.3) is 5.91 Å². The average molecular weight is 392 g/mol. The van der Waals surface area contributed by atoms with Gasteiger partial charge in [0, 0.05) is 38.4 Å². The maximum absolute atomic E-state index is 13.2. The number of carbonyl (C=O) groups is 1. The van der Waals surface area contributed by atoms with E-state index in [-0.39, 0.29) is 12.0 Å². The summed E-state index contributed by atoms with van der Waals surface area (Å²) in [4.78, 5) is 22.1. The van der Waals surface area contributed by atoms with Gasteiger partial charge in [-0.25, -0.2) is 0 Å². The third-order valence-electron chi connectivity index (χ3n) is 6.73. The van der Waals surface area contributed by atoms with Crippen LogP contribution >= 0.6 is 0 Å². The van der Waals surface area contributed by atoms with Crippen LogP contribution in [0.3, 0.4) is 0 Å². The van der Waals surface area contributed by atoms with Gasteiger partial charge in [0.1, 0.15) is 11.9 Å². The Bertz CT molecular complexity index is 848. The molecule has 5 rings (SSSR count). The number of hydrogen-bond donors (Lipinski definition) is 0. The van der Waals surface area contributed by atoms with E-state index < -0.39 is 0 Å². The quantitative estimate of drug-likeness (QED) is 0.779. The molecule has 2 atom stereocenters. The second-order valence-corrected chi connectivity index (χ2v) is 8.70. The molecule has 3 heterocycles. The predicted octanol–water partition coefficient (Wildman–Crippen LogP) is 3.75. The molecule has 2 aromatic rings. The van der Waals surface area contributed by atoms with Crippen LogP contribution in [0.25, 0.3) is 0 Å². The van der Waals surface area contributed by atoms with Crippen molar-refractivity contribution in [3.8, 4) is 5.75 Å². The number of rotatable bonds is 5. The summed E-state index contributed by atoms with van der Waals surface area (Å²) in [6.45, 7) is 3.80. The lowest BCUT2D eigenvalue weighted by molar-refractivity contribution is 0.0682. The number of aromatic nitrogens is 1. The van der Waals surface area contributed by atoms with Gasteiger partial charge in [-0.05, 0) is 62.3 Å². The van der Waals surface area contributed by atoms with Crippen LogP contribution in [0.15, 0.2) is 48.7 Å². The van der Waals surface area contributed by atoms with E-state index in [9.17, 15) is 4.79 Å². The Morgan fingerprint density at radius 2 is 1.86 bits per heavy atom. The van der Waals surface area contributed by atoms with E-state index >= 15 is 0 Å². The summed E-state index contributed by atoms with van der Waals surface area (Å²) in [5.41, 5.74) is 1.85. The molecule has 1 aromatic carbocycles. The highest BCUT2D eigenvalue weighted by atomic mass is 16.5. The molecule has 1 saturated carbocycles. The largest absolute Gasteiger partial charge is 0.489 e. The molecule has 0 N–H and O–H groups in total. The van der Waals surface area contributed by atoms with Crippen molar-refractivity contribution in [2.75, 3.05) is 19.6 Å². The number of benzene rings is 1. The minimum atomic E-state index is 0.153. The lowest BCUT2D eigenvalue weighted by Crippen LogP contribution is -2.39. The van der Waals surface area contributed by atoms with Crippen LogP contribution in [0.2, 0.25) is 0 Å². The average Bonchev–Trinajstić information content (AvgIpc) is 3.40. The van der Waals surface area contributed by atoms with Gasteiger partial charge in [-0.2, -0.15) is 0 Å². The summed E-state index contributed by atoms with van der Waals surface area (Å²) in [6.07, 6.45) is 7.60. The molecular formula is C24H29N3O2. The van der Waals surface area contributed by atoms with Crippen LogP contribution in [0.5, 0.6) is 5.75 Å². The van der Waals surface area contributed by atoms with Crippen molar-refractivity contribution < 1.29 is 9.53 Å². The fraction of sp³-hybridized carbons (Fsp3) is 0.500. The maximum atomic E-state index is 13.2. The van der Waals surface area contributed by atoms with Crippen LogP contribution in [0, 0.1) is 5.92 Å². The molecular weight excluding hydrogens is 362 g/mol. The summed E-state index contributed by atoms with van der Waals surface area (Å²) in [7, 11) is 0. The summed E-state index contributed by atoms with van der Waals surface area (Å²) in [5.74, 6) is 1.62. The highest BCUT2D eigenvalue weighted by molar-refractivity contribution is 5.97. The van der Waals surface area contributed by atoms with Crippen molar-refractivity contribution in [3.63, 3.8) is 0 Å². The van der Waals surface area contributed by atoms with E-state index in [1.807, 2.05) is 42.6 Å². The van der Waals surface area contributed by atoms with E-state index in [4.69, 9.17) is 4.74 Å². The zero-order valence-corrected chi connectivity index (χ0v) is 16.9. The number of hydrogen-bond acceptors (Lipinski definition) is 4. The molecule has 2 saturated heterocycles. The molecule has 0 radical (unpaired) electrons. The number of para-hydroxylation sites is 1. The number of pyridine rings is 1. The smallest absolute Gasteiger partial charge is 0.257 e. The minimum absolute atomic E-state index is 0.153. The topological polar surface area (TPSA) is 45.7 Å². The van der Waals surface area contributed by atoms with Crippen LogP contribution in [-0.2, 0) is 6.54 Å². The first-order valence-corrected chi connectivity index (χ1v) is 10.9. The zero-order chi connectivity index (χ0) is 19.6. The number of fused-ring (bicyclic) bond motifs is 2. The van der Waals surface area contributed by atoms with Crippen molar-refractivity contribution >= 4 is 5.91 Å². The Hall–Kier alpha value is -2.40. The molecule has 5 nitrogen and oxygen atoms in total. The highest BCUT2D eigenvalue weighted by Crippen LogP contribution is 2.39. The van der Waals surface area contributed by atoms with Crippen LogP contribution in [-0.4, -0.2) is 52.5 Å². The number of likely N-dealkylation sites (tertiary alicyclic amines) is 2. The van der Waals surface area contributed by atoms with Crippen molar-refractivity contribution in [2.45, 2.75) is 50.8 Å². The lowest BCUT2D eigenvalue weighted by atomic mass is 10.1. The molecule has 0 spiro atoms. The highest BCUT2D eigenvalue weighted by Gasteiger charge is 2.41. The van der Waals surface area contributed by atoms with Gasteiger partial charge in [0.15, 0.2) is 0 Å². The SMILES string of the molecule is O=C(c1ccccc1OC1CCN(Cc2ccccn2)CC1)N1C[C@H]2CC[C@H]1C2. The molecule has 152 valence electrons. The van der Waals surface area contributed by atoms with Gasteiger partial charge < -0.3 is 9.64 Å². The lowest BCUT2D eigenvalue weighted by Gasteiger charge is -2.33. The number of carbonyl (C=O) groups excluding carboxylic acids is 1. The first kappa shape index (κ1) is 18.6. The van der Waals surface area contributed by atoms with Gasteiger partial charge in [0.05, 0.1) is 11.3 Å². The second kappa shape index (κ2) is 8.15. The Morgan fingerprint density at radius 3 is 2.59 bits per heavy atom. The van der Waals surface area contributed by atoms with E-state index in [0.29, 0.717) is 12.0 Å². The first-order valence-electron chi connectivity index (χ1n) is 10.9. The number of piperidine rings is 2. The Kier molecular flexibility index (Phi) is 5.23. The maximum Gasteiger partial charge on any atom is 0.257 e. The number of nitrogens with zero attached hydrogens (tertiary/aromatic N) is 3. The monoisotopic (exact) mass is 391 g/mol. The summed E-state index contributed by atoms with van der Waals surface area (Å²) < 4.78 is 6.36. The van der Waals surface area contributed by atoms with Crippen molar-refractivity contribution in [3.05, 3.63) is 59.9 Å². The molecule has 2 bridgehead atoms. The Labute approximate surface area is 172 Å². The molecule has 1 amide bonds. The van der Waals surface area contributed by atoms with Crippen molar-refractivity contribution in [1.29, 1.82) is 0 Å². The second-order valence-electron chi connectivity index (χ2n) is 8.70. The Morgan fingerprint density at radius 1 is 1.03 bits per heavy atom.